The second-order valence-corrected chi connectivity index (χ2v) is 3.12. The molecule has 2 rings (SSSR count). The lowest BCUT2D eigenvalue weighted by atomic mass is 10.2. The third kappa shape index (κ3) is 1.93. The number of aromatic nitrogens is 3. The van der Waals surface area contributed by atoms with Gasteiger partial charge in [0.15, 0.2) is 5.82 Å². The summed E-state index contributed by atoms with van der Waals surface area (Å²) in [4.78, 5) is 12.5. The van der Waals surface area contributed by atoms with E-state index in [4.69, 9.17) is 4.74 Å². The molecule has 0 aliphatic rings. The van der Waals surface area contributed by atoms with Gasteiger partial charge in [0, 0.05) is 31.2 Å². The number of hydrogen-bond donors (Lipinski definition) is 1. The SMILES string of the molecule is CNc1nccnc1-c1cncc(OC)c1. The van der Waals surface area contributed by atoms with Crippen molar-refractivity contribution in [2.75, 3.05) is 19.5 Å². The second-order valence-electron chi connectivity index (χ2n) is 3.12. The van der Waals surface area contributed by atoms with Crippen LogP contribution in [0.3, 0.4) is 0 Å². The molecule has 0 atom stereocenters. The van der Waals surface area contributed by atoms with Gasteiger partial charge in [0.2, 0.25) is 0 Å². The molecule has 1 N–H and O–H groups in total. The number of nitrogens with zero attached hydrogens (tertiary/aromatic N) is 3. The zero-order valence-electron chi connectivity index (χ0n) is 9.14. The van der Waals surface area contributed by atoms with Gasteiger partial charge in [-0.3, -0.25) is 9.97 Å². The van der Waals surface area contributed by atoms with Crippen LogP contribution in [0.1, 0.15) is 0 Å². The summed E-state index contributed by atoms with van der Waals surface area (Å²) in [5.41, 5.74) is 1.63. The molecule has 0 spiro atoms. The van der Waals surface area contributed by atoms with Gasteiger partial charge in [-0.15, -0.1) is 0 Å². The molecule has 2 aromatic rings. The van der Waals surface area contributed by atoms with Gasteiger partial charge in [-0.2, -0.15) is 0 Å². The fraction of sp³-hybridized carbons (Fsp3) is 0.182. The highest BCUT2D eigenvalue weighted by Crippen LogP contribution is 2.24. The topological polar surface area (TPSA) is 59.9 Å². The van der Waals surface area contributed by atoms with E-state index >= 15 is 0 Å². The van der Waals surface area contributed by atoms with Crippen molar-refractivity contribution in [3.05, 3.63) is 30.9 Å². The summed E-state index contributed by atoms with van der Waals surface area (Å²) in [5.74, 6) is 1.42. The van der Waals surface area contributed by atoms with Crippen LogP contribution in [0.4, 0.5) is 5.82 Å². The first kappa shape index (κ1) is 10.4. The molecule has 5 heteroatoms. The Labute approximate surface area is 93.5 Å². The molecule has 16 heavy (non-hydrogen) atoms. The number of pyridine rings is 1. The van der Waals surface area contributed by atoms with E-state index < -0.39 is 0 Å². The van der Waals surface area contributed by atoms with Crippen molar-refractivity contribution >= 4 is 5.82 Å². The van der Waals surface area contributed by atoms with E-state index in [1.54, 1.807) is 38.9 Å². The van der Waals surface area contributed by atoms with Crippen molar-refractivity contribution in [2.45, 2.75) is 0 Å². The Morgan fingerprint density at radius 2 is 2.00 bits per heavy atom. The van der Waals surface area contributed by atoms with Crippen LogP contribution in [0.2, 0.25) is 0 Å². The van der Waals surface area contributed by atoms with Crippen molar-refractivity contribution in [3.8, 4) is 17.0 Å². The fourth-order valence-corrected chi connectivity index (χ4v) is 1.39. The molecule has 0 aliphatic carbocycles. The van der Waals surface area contributed by atoms with Gasteiger partial charge >= 0.3 is 0 Å². The van der Waals surface area contributed by atoms with E-state index in [9.17, 15) is 0 Å². The highest BCUT2D eigenvalue weighted by molar-refractivity contribution is 5.71. The molecule has 0 amide bonds. The van der Waals surface area contributed by atoms with Crippen molar-refractivity contribution in [3.63, 3.8) is 0 Å². The summed E-state index contributed by atoms with van der Waals surface area (Å²) >= 11 is 0. The molecule has 0 fully saturated rings. The first-order chi connectivity index (χ1) is 7.85. The predicted molar refractivity (Wildman–Crippen MR) is 61.4 cm³/mol. The number of nitrogens with one attached hydrogen (secondary N) is 1. The summed E-state index contributed by atoms with van der Waals surface area (Å²) in [6.45, 7) is 0. The largest absolute Gasteiger partial charge is 0.495 e. The Kier molecular flexibility index (Phi) is 2.95. The lowest BCUT2D eigenvalue weighted by Gasteiger charge is -2.07. The highest BCUT2D eigenvalue weighted by Gasteiger charge is 2.07. The summed E-state index contributed by atoms with van der Waals surface area (Å²) < 4.78 is 5.12. The summed E-state index contributed by atoms with van der Waals surface area (Å²) in [7, 11) is 3.41. The van der Waals surface area contributed by atoms with Crippen molar-refractivity contribution in [1.82, 2.24) is 15.0 Å². The van der Waals surface area contributed by atoms with Crippen LogP contribution in [0, 0.1) is 0 Å². The van der Waals surface area contributed by atoms with Crippen molar-refractivity contribution in [2.24, 2.45) is 0 Å². The Morgan fingerprint density at radius 3 is 2.75 bits per heavy atom. The maximum atomic E-state index is 5.12. The zero-order valence-corrected chi connectivity index (χ0v) is 9.14. The maximum absolute atomic E-state index is 5.12. The highest BCUT2D eigenvalue weighted by atomic mass is 16.5. The van der Waals surface area contributed by atoms with Gasteiger partial charge in [-0.25, -0.2) is 4.98 Å². The number of anilines is 1. The maximum Gasteiger partial charge on any atom is 0.152 e. The minimum atomic E-state index is 0.699. The van der Waals surface area contributed by atoms with E-state index in [0.29, 0.717) is 5.75 Å². The van der Waals surface area contributed by atoms with Gasteiger partial charge in [0.05, 0.1) is 13.3 Å². The Hall–Kier alpha value is -2.17. The number of hydrogen-bond acceptors (Lipinski definition) is 5. The van der Waals surface area contributed by atoms with Crippen LogP contribution in [0.25, 0.3) is 11.3 Å². The van der Waals surface area contributed by atoms with Gasteiger partial charge in [-0.05, 0) is 6.07 Å². The molecular weight excluding hydrogens is 204 g/mol. The second kappa shape index (κ2) is 4.57. The van der Waals surface area contributed by atoms with E-state index in [1.807, 2.05) is 6.07 Å². The minimum Gasteiger partial charge on any atom is -0.495 e. The number of methoxy groups -OCH3 is 1. The fourth-order valence-electron chi connectivity index (χ4n) is 1.39. The van der Waals surface area contributed by atoms with Gasteiger partial charge in [0.25, 0.3) is 0 Å². The van der Waals surface area contributed by atoms with E-state index in [1.165, 1.54) is 0 Å². The Morgan fingerprint density at radius 1 is 1.19 bits per heavy atom. The molecule has 5 nitrogen and oxygen atoms in total. The lowest BCUT2D eigenvalue weighted by molar-refractivity contribution is 0.413. The van der Waals surface area contributed by atoms with E-state index in [0.717, 1.165) is 17.1 Å². The van der Waals surface area contributed by atoms with Gasteiger partial charge < -0.3 is 10.1 Å². The third-order valence-electron chi connectivity index (χ3n) is 2.16. The normalized spacial score (nSPS) is 9.88. The molecule has 0 aliphatic heterocycles. The van der Waals surface area contributed by atoms with Crippen LogP contribution in [0.15, 0.2) is 30.9 Å². The number of rotatable bonds is 3. The van der Waals surface area contributed by atoms with Crippen LogP contribution in [0.5, 0.6) is 5.75 Å². The Bertz CT molecular complexity index is 487. The molecule has 0 saturated carbocycles. The summed E-state index contributed by atoms with van der Waals surface area (Å²) in [6.07, 6.45) is 6.67. The average Bonchev–Trinajstić information content (AvgIpc) is 2.38. The van der Waals surface area contributed by atoms with Crippen LogP contribution in [-0.4, -0.2) is 29.1 Å². The van der Waals surface area contributed by atoms with E-state index in [2.05, 4.69) is 20.3 Å². The first-order valence-electron chi connectivity index (χ1n) is 4.83. The molecule has 0 aromatic carbocycles. The molecular formula is C11H12N4O. The summed E-state index contributed by atoms with van der Waals surface area (Å²) in [5, 5.41) is 2.99. The zero-order chi connectivity index (χ0) is 11.4. The van der Waals surface area contributed by atoms with Crippen LogP contribution >= 0.6 is 0 Å². The monoisotopic (exact) mass is 216 g/mol. The predicted octanol–water partition coefficient (Wildman–Crippen LogP) is 1.59. The van der Waals surface area contributed by atoms with Gasteiger partial charge in [-0.1, -0.05) is 0 Å². The van der Waals surface area contributed by atoms with Crippen molar-refractivity contribution < 1.29 is 4.74 Å². The number of ether oxygens (including phenoxy) is 1. The minimum absolute atomic E-state index is 0.699. The quantitative estimate of drug-likeness (QED) is 0.844. The van der Waals surface area contributed by atoms with Crippen molar-refractivity contribution in [1.29, 1.82) is 0 Å². The van der Waals surface area contributed by atoms with Crippen LogP contribution < -0.4 is 10.1 Å². The lowest BCUT2D eigenvalue weighted by Crippen LogP contribution is -1.97. The molecule has 2 heterocycles. The van der Waals surface area contributed by atoms with Crippen LogP contribution in [-0.2, 0) is 0 Å². The molecule has 0 radical (unpaired) electrons. The molecule has 0 unspecified atom stereocenters. The average molecular weight is 216 g/mol. The molecule has 0 saturated heterocycles. The first-order valence-corrected chi connectivity index (χ1v) is 4.83. The summed E-state index contributed by atoms with van der Waals surface area (Å²) in [6, 6.07) is 1.87. The van der Waals surface area contributed by atoms with E-state index in [-0.39, 0.29) is 0 Å². The molecule has 0 bridgehead atoms. The third-order valence-corrected chi connectivity index (χ3v) is 2.16. The smallest absolute Gasteiger partial charge is 0.152 e. The standard InChI is InChI=1S/C11H12N4O/c1-12-11-10(14-3-4-15-11)8-5-9(16-2)7-13-6-8/h3-7H,1-2H3,(H,12,15). The van der Waals surface area contributed by atoms with Gasteiger partial charge in [0.1, 0.15) is 11.4 Å². The Balaban J connectivity index is 2.49. The molecule has 82 valence electrons. The molecule has 2 aromatic heterocycles.